The largest absolute Gasteiger partial charge is 0.485 e. The maximum absolute atomic E-state index is 12.0. The molecule has 3 rings (SSSR count). The van der Waals surface area contributed by atoms with Crippen molar-refractivity contribution in [3.8, 4) is 17.6 Å². The molecule has 0 aliphatic heterocycles. The Balaban J connectivity index is 1.81. The van der Waals surface area contributed by atoms with Crippen molar-refractivity contribution in [1.82, 2.24) is 0 Å². The second-order valence-corrected chi connectivity index (χ2v) is 8.83. The van der Waals surface area contributed by atoms with Gasteiger partial charge in [-0.1, -0.05) is 53.2 Å². The van der Waals surface area contributed by atoms with Gasteiger partial charge in [-0.25, -0.2) is 4.79 Å². The molecule has 0 bridgehead atoms. The van der Waals surface area contributed by atoms with E-state index in [1.165, 1.54) is 6.92 Å². The first-order valence-electron chi connectivity index (χ1n) is 10.1. The van der Waals surface area contributed by atoms with E-state index < -0.39 is 22.4 Å². The number of ether oxygens (including phenoxy) is 1. The topological polar surface area (TPSA) is 92.7 Å². The van der Waals surface area contributed by atoms with Crippen LogP contribution in [0.1, 0.15) is 37.5 Å². The summed E-state index contributed by atoms with van der Waals surface area (Å²) >= 11 is 12.3. The van der Waals surface area contributed by atoms with Crippen LogP contribution in [0.3, 0.4) is 0 Å². The predicted octanol–water partition coefficient (Wildman–Crippen LogP) is 4.27. The van der Waals surface area contributed by atoms with E-state index in [2.05, 4.69) is 17.2 Å². The minimum Gasteiger partial charge on any atom is -0.485 e. The number of carbonyl (C=O) groups is 1. The van der Waals surface area contributed by atoms with Gasteiger partial charge in [0.2, 0.25) is 0 Å². The van der Waals surface area contributed by atoms with E-state index in [1.807, 2.05) is 0 Å². The Hall–Kier alpha value is -3.27. The molecule has 3 aromatic rings. The Morgan fingerprint density at radius 2 is 1.67 bits per heavy atom. The fraction of sp³-hybridized carbons (Fsp3) is 0.240. The zero-order valence-electron chi connectivity index (χ0n) is 18.2. The Morgan fingerprint density at radius 3 is 2.21 bits per heavy atom. The highest BCUT2D eigenvalue weighted by atomic mass is 35.5. The molecule has 0 heterocycles. The van der Waals surface area contributed by atoms with Gasteiger partial charge in [-0.05, 0) is 50.6 Å². The van der Waals surface area contributed by atoms with Gasteiger partial charge in [0.05, 0.1) is 21.7 Å². The first-order chi connectivity index (χ1) is 15.5. The van der Waals surface area contributed by atoms with Gasteiger partial charge >= 0.3 is 5.97 Å². The third-order valence-electron chi connectivity index (χ3n) is 4.90. The highest BCUT2D eigenvalue weighted by molar-refractivity contribution is 6.36. The SMILES string of the molecule is CC(C)Oc1c(N[C@@](C)(Cc2ccc(C#Cc3c(Cl)cccc3Cl)cc2)C(=O)O)c(=O)c1=O. The summed E-state index contributed by atoms with van der Waals surface area (Å²) in [7, 11) is 0. The summed E-state index contributed by atoms with van der Waals surface area (Å²) < 4.78 is 5.37. The maximum atomic E-state index is 12.0. The molecular weight excluding hydrogens is 465 g/mol. The molecule has 3 aromatic carbocycles. The summed E-state index contributed by atoms with van der Waals surface area (Å²) in [6, 6.07) is 12.1. The molecule has 170 valence electrons. The zero-order chi connectivity index (χ0) is 24.3. The fourth-order valence-electron chi connectivity index (χ4n) is 3.15. The summed E-state index contributed by atoms with van der Waals surface area (Å²) in [6.45, 7) is 4.86. The highest BCUT2D eigenvalue weighted by Crippen LogP contribution is 2.26. The van der Waals surface area contributed by atoms with E-state index in [0.29, 0.717) is 26.7 Å². The molecule has 1 atom stereocenters. The third kappa shape index (κ3) is 5.39. The molecular formula is C25H21Cl2NO5. The van der Waals surface area contributed by atoms with E-state index in [4.69, 9.17) is 27.9 Å². The first-order valence-corrected chi connectivity index (χ1v) is 10.8. The molecule has 33 heavy (non-hydrogen) atoms. The van der Waals surface area contributed by atoms with E-state index in [-0.39, 0.29) is 24.0 Å². The summed E-state index contributed by atoms with van der Waals surface area (Å²) in [5.41, 5.74) is -1.30. The second-order valence-electron chi connectivity index (χ2n) is 8.01. The van der Waals surface area contributed by atoms with Gasteiger partial charge < -0.3 is 15.2 Å². The first kappa shape index (κ1) is 24.4. The van der Waals surface area contributed by atoms with E-state index in [1.54, 1.807) is 56.3 Å². The molecule has 2 N–H and O–H groups in total. The van der Waals surface area contributed by atoms with Crippen molar-refractivity contribution in [2.45, 2.75) is 38.8 Å². The number of nitrogens with one attached hydrogen (secondary N) is 1. The van der Waals surface area contributed by atoms with Gasteiger partial charge in [0.25, 0.3) is 10.9 Å². The lowest BCUT2D eigenvalue weighted by atomic mass is 9.91. The summed E-state index contributed by atoms with van der Waals surface area (Å²) in [5, 5.41) is 13.5. The molecule has 0 saturated heterocycles. The highest BCUT2D eigenvalue weighted by Gasteiger charge is 2.37. The Bertz CT molecular complexity index is 1310. The lowest BCUT2D eigenvalue weighted by Crippen LogP contribution is -2.50. The number of hydrogen-bond acceptors (Lipinski definition) is 5. The van der Waals surface area contributed by atoms with Crippen molar-refractivity contribution in [3.63, 3.8) is 0 Å². The molecule has 0 saturated carbocycles. The normalized spacial score (nSPS) is 12.7. The van der Waals surface area contributed by atoms with Gasteiger partial charge in [-0.2, -0.15) is 0 Å². The van der Waals surface area contributed by atoms with E-state index in [9.17, 15) is 19.5 Å². The Kier molecular flexibility index (Phi) is 7.16. The molecule has 0 fully saturated rings. The van der Waals surface area contributed by atoms with Crippen molar-refractivity contribution in [1.29, 1.82) is 0 Å². The minimum atomic E-state index is -1.55. The number of carboxylic acid groups (broad SMARTS) is 1. The van der Waals surface area contributed by atoms with Crippen LogP contribution in [0.5, 0.6) is 5.75 Å². The summed E-state index contributed by atoms with van der Waals surface area (Å²) in [6.07, 6.45) is -0.286. The number of anilines is 1. The van der Waals surface area contributed by atoms with Crippen LogP contribution >= 0.6 is 23.2 Å². The van der Waals surface area contributed by atoms with Crippen LogP contribution in [-0.2, 0) is 11.2 Å². The van der Waals surface area contributed by atoms with Gasteiger partial charge in [-0.15, -0.1) is 0 Å². The van der Waals surface area contributed by atoms with Crippen LogP contribution in [-0.4, -0.2) is 22.7 Å². The molecule has 0 aromatic heterocycles. The molecule has 0 unspecified atom stereocenters. The quantitative estimate of drug-likeness (QED) is 0.383. The molecule has 0 radical (unpaired) electrons. The Labute approximate surface area is 200 Å². The number of carboxylic acids is 1. The van der Waals surface area contributed by atoms with E-state index in [0.717, 1.165) is 0 Å². The lowest BCUT2D eigenvalue weighted by Gasteiger charge is -2.29. The molecule has 8 heteroatoms. The zero-order valence-corrected chi connectivity index (χ0v) is 19.7. The van der Waals surface area contributed by atoms with Crippen LogP contribution < -0.4 is 20.9 Å². The number of hydrogen-bond donors (Lipinski definition) is 2. The second kappa shape index (κ2) is 9.70. The number of aliphatic carboxylic acids is 1. The fourth-order valence-corrected chi connectivity index (χ4v) is 3.64. The van der Waals surface area contributed by atoms with Crippen LogP contribution in [0.25, 0.3) is 0 Å². The van der Waals surface area contributed by atoms with Crippen molar-refractivity contribution in [3.05, 3.63) is 89.6 Å². The third-order valence-corrected chi connectivity index (χ3v) is 5.53. The molecule has 0 spiro atoms. The molecule has 6 nitrogen and oxygen atoms in total. The van der Waals surface area contributed by atoms with Crippen molar-refractivity contribution >= 4 is 34.9 Å². The van der Waals surface area contributed by atoms with E-state index >= 15 is 0 Å². The number of halogens is 2. The smallest absolute Gasteiger partial charge is 0.329 e. The standard InChI is InChI=1S/C25H21Cl2NO5/c1-14(2)33-23-20(21(29)22(23)30)28-25(3,24(31)32)13-16-9-7-15(8-10-16)11-12-17-18(26)5-4-6-19(17)27/h4-10,14,28H,13H2,1-3H3,(H,31,32)/t25-/m0/s1. The van der Waals surface area contributed by atoms with Gasteiger partial charge in [0.1, 0.15) is 11.2 Å². The number of benzene rings is 2. The molecule has 0 aliphatic carbocycles. The van der Waals surface area contributed by atoms with Gasteiger partial charge in [0.15, 0.2) is 5.75 Å². The summed E-state index contributed by atoms with van der Waals surface area (Å²) in [4.78, 5) is 35.9. The monoisotopic (exact) mass is 485 g/mol. The average Bonchev–Trinajstić information content (AvgIpc) is 2.76. The van der Waals surface area contributed by atoms with Crippen LogP contribution in [0.4, 0.5) is 5.69 Å². The molecule has 0 amide bonds. The van der Waals surface area contributed by atoms with Crippen molar-refractivity contribution in [2.24, 2.45) is 0 Å². The van der Waals surface area contributed by atoms with Crippen LogP contribution in [0, 0.1) is 11.8 Å². The Morgan fingerprint density at radius 1 is 1.06 bits per heavy atom. The predicted molar refractivity (Wildman–Crippen MR) is 129 cm³/mol. The van der Waals surface area contributed by atoms with Gasteiger partial charge in [0, 0.05) is 12.0 Å². The van der Waals surface area contributed by atoms with Crippen molar-refractivity contribution in [2.75, 3.05) is 5.32 Å². The summed E-state index contributed by atoms with van der Waals surface area (Å²) in [5.74, 6) is 4.62. The number of rotatable bonds is 7. The van der Waals surface area contributed by atoms with Crippen molar-refractivity contribution < 1.29 is 14.6 Å². The lowest BCUT2D eigenvalue weighted by molar-refractivity contribution is -0.141. The van der Waals surface area contributed by atoms with Crippen LogP contribution in [0.15, 0.2) is 52.1 Å². The van der Waals surface area contributed by atoms with Gasteiger partial charge in [-0.3, -0.25) is 9.59 Å². The van der Waals surface area contributed by atoms with Crippen LogP contribution in [0.2, 0.25) is 10.0 Å². The average molecular weight is 486 g/mol. The minimum absolute atomic E-state index is 0.0479. The maximum Gasteiger partial charge on any atom is 0.329 e. The molecule has 0 aliphatic rings.